The molecule has 0 saturated heterocycles. The predicted octanol–water partition coefficient (Wildman–Crippen LogP) is 5.33. The molecule has 0 aliphatic rings. The first kappa shape index (κ1) is 16.1. The van der Waals surface area contributed by atoms with E-state index in [0.29, 0.717) is 13.2 Å². The molecule has 0 amide bonds. The fraction of sp³-hybridized carbons (Fsp3) is 0.143. The van der Waals surface area contributed by atoms with Crippen molar-refractivity contribution in [1.29, 1.82) is 0 Å². The normalized spacial score (nSPS) is 10.4. The van der Waals surface area contributed by atoms with Gasteiger partial charge in [0, 0.05) is 17.8 Å². The summed E-state index contributed by atoms with van der Waals surface area (Å²) in [5.41, 5.74) is 4.35. The summed E-state index contributed by atoms with van der Waals surface area (Å²) in [6.07, 6.45) is 0. The molecule has 0 atom stereocenters. The van der Waals surface area contributed by atoms with Gasteiger partial charge in [0.05, 0.1) is 0 Å². The third-order valence-corrected chi connectivity index (χ3v) is 3.94. The van der Waals surface area contributed by atoms with Crippen LogP contribution in [0.4, 0.5) is 10.1 Å². The Morgan fingerprint density at radius 1 is 0.833 bits per heavy atom. The Bertz CT molecular complexity index is 799. The molecule has 122 valence electrons. The monoisotopic (exact) mass is 321 g/mol. The van der Waals surface area contributed by atoms with Crippen LogP contribution in [0.2, 0.25) is 0 Å². The van der Waals surface area contributed by atoms with Gasteiger partial charge in [0.1, 0.15) is 18.2 Å². The van der Waals surface area contributed by atoms with Crippen molar-refractivity contribution in [2.75, 3.05) is 5.32 Å². The summed E-state index contributed by atoms with van der Waals surface area (Å²) in [4.78, 5) is 0. The van der Waals surface area contributed by atoms with Gasteiger partial charge in [-0.3, -0.25) is 0 Å². The van der Waals surface area contributed by atoms with Crippen molar-refractivity contribution in [3.05, 3.63) is 95.3 Å². The molecule has 0 saturated carbocycles. The number of halogens is 1. The first-order valence-electron chi connectivity index (χ1n) is 7.97. The van der Waals surface area contributed by atoms with E-state index >= 15 is 0 Å². The van der Waals surface area contributed by atoms with Crippen LogP contribution in [0.3, 0.4) is 0 Å². The van der Waals surface area contributed by atoms with E-state index in [-0.39, 0.29) is 5.82 Å². The lowest BCUT2D eigenvalue weighted by molar-refractivity contribution is 0.302. The van der Waals surface area contributed by atoms with E-state index < -0.39 is 0 Å². The highest BCUT2D eigenvalue weighted by Gasteiger charge is 2.05. The van der Waals surface area contributed by atoms with E-state index in [9.17, 15) is 4.39 Å². The number of para-hydroxylation sites is 1. The van der Waals surface area contributed by atoms with Crippen molar-refractivity contribution >= 4 is 5.69 Å². The van der Waals surface area contributed by atoms with Gasteiger partial charge in [0.15, 0.2) is 0 Å². The van der Waals surface area contributed by atoms with E-state index in [1.807, 2.05) is 36.4 Å². The molecule has 3 aromatic carbocycles. The fourth-order valence-electron chi connectivity index (χ4n) is 2.48. The quantitative estimate of drug-likeness (QED) is 0.663. The Hall–Kier alpha value is -2.81. The Morgan fingerprint density at radius 3 is 2.25 bits per heavy atom. The first-order chi connectivity index (χ1) is 11.7. The number of aryl methyl sites for hydroxylation is 1. The third-order valence-electron chi connectivity index (χ3n) is 3.94. The van der Waals surface area contributed by atoms with Gasteiger partial charge >= 0.3 is 0 Å². The third kappa shape index (κ3) is 4.13. The van der Waals surface area contributed by atoms with E-state index in [4.69, 9.17) is 4.74 Å². The summed E-state index contributed by atoms with van der Waals surface area (Å²) in [5, 5.41) is 3.29. The molecule has 0 unspecified atom stereocenters. The van der Waals surface area contributed by atoms with Crippen molar-refractivity contribution in [3.8, 4) is 5.75 Å². The van der Waals surface area contributed by atoms with Gasteiger partial charge in [-0.1, -0.05) is 42.5 Å². The molecule has 3 aromatic rings. The minimum Gasteiger partial charge on any atom is -0.489 e. The Balaban J connectivity index is 1.66. The van der Waals surface area contributed by atoms with Crippen LogP contribution in [0.25, 0.3) is 0 Å². The Labute approximate surface area is 141 Å². The number of benzene rings is 3. The molecule has 0 radical (unpaired) electrons. The number of rotatable bonds is 6. The molecule has 3 rings (SSSR count). The van der Waals surface area contributed by atoms with Crippen LogP contribution >= 0.6 is 0 Å². The summed E-state index contributed by atoms with van der Waals surface area (Å²) >= 11 is 0. The molecule has 0 spiro atoms. The van der Waals surface area contributed by atoms with E-state index in [1.54, 1.807) is 12.1 Å². The number of nitrogens with one attached hydrogen (secondary N) is 1. The van der Waals surface area contributed by atoms with Crippen LogP contribution in [0.1, 0.15) is 16.7 Å². The van der Waals surface area contributed by atoms with Crippen LogP contribution in [0.15, 0.2) is 72.8 Å². The highest BCUT2D eigenvalue weighted by molar-refractivity contribution is 5.45. The average Bonchev–Trinajstić information content (AvgIpc) is 2.61. The van der Waals surface area contributed by atoms with Gasteiger partial charge in [0.25, 0.3) is 0 Å². The van der Waals surface area contributed by atoms with Gasteiger partial charge in [-0.05, 0) is 48.4 Å². The van der Waals surface area contributed by atoms with Crippen LogP contribution in [-0.4, -0.2) is 0 Å². The Kier molecular flexibility index (Phi) is 5.12. The second-order valence-corrected chi connectivity index (χ2v) is 5.68. The van der Waals surface area contributed by atoms with Crippen molar-refractivity contribution < 1.29 is 9.13 Å². The number of anilines is 1. The highest BCUT2D eigenvalue weighted by atomic mass is 19.1. The maximum atomic E-state index is 13.0. The zero-order valence-corrected chi connectivity index (χ0v) is 13.6. The summed E-state index contributed by atoms with van der Waals surface area (Å²) in [6, 6.07) is 22.5. The number of ether oxygens (including phenoxy) is 1. The smallest absolute Gasteiger partial charge is 0.124 e. The first-order valence-corrected chi connectivity index (χ1v) is 7.97. The number of hydrogen-bond acceptors (Lipinski definition) is 2. The van der Waals surface area contributed by atoms with E-state index in [2.05, 4.69) is 24.4 Å². The van der Waals surface area contributed by atoms with Crippen molar-refractivity contribution in [3.63, 3.8) is 0 Å². The fourth-order valence-corrected chi connectivity index (χ4v) is 2.48. The zero-order chi connectivity index (χ0) is 16.8. The molecule has 0 aliphatic carbocycles. The van der Waals surface area contributed by atoms with Crippen molar-refractivity contribution in [2.24, 2.45) is 0 Å². The van der Waals surface area contributed by atoms with Crippen LogP contribution < -0.4 is 10.1 Å². The van der Waals surface area contributed by atoms with Gasteiger partial charge in [-0.15, -0.1) is 0 Å². The molecule has 0 aliphatic heterocycles. The van der Waals surface area contributed by atoms with Gasteiger partial charge in [-0.25, -0.2) is 4.39 Å². The molecule has 0 fully saturated rings. The van der Waals surface area contributed by atoms with Crippen LogP contribution in [0, 0.1) is 12.7 Å². The Morgan fingerprint density at radius 2 is 1.50 bits per heavy atom. The molecule has 24 heavy (non-hydrogen) atoms. The van der Waals surface area contributed by atoms with Crippen molar-refractivity contribution in [1.82, 2.24) is 0 Å². The maximum absolute atomic E-state index is 13.0. The molecule has 0 heterocycles. The van der Waals surface area contributed by atoms with E-state index in [1.165, 1.54) is 23.3 Å². The minimum atomic E-state index is -0.234. The molecular weight excluding hydrogens is 301 g/mol. The lowest BCUT2D eigenvalue weighted by Gasteiger charge is -2.14. The second-order valence-electron chi connectivity index (χ2n) is 5.68. The summed E-state index contributed by atoms with van der Waals surface area (Å²) in [5.74, 6) is 0.623. The average molecular weight is 321 g/mol. The molecular formula is C21H20FNO. The molecule has 1 N–H and O–H groups in total. The van der Waals surface area contributed by atoms with Gasteiger partial charge in [-0.2, -0.15) is 0 Å². The lowest BCUT2D eigenvalue weighted by Crippen LogP contribution is -2.04. The zero-order valence-electron chi connectivity index (χ0n) is 13.6. The molecule has 3 heteroatoms. The minimum absolute atomic E-state index is 0.234. The van der Waals surface area contributed by atoms with Gasteiger partial charge in [0.2, 0.25) is 0 Å². The van der Waals surface area contributed by atoms with Gasteiger partial charge < -0.3 is 10.1 Å². The predicted molar refractivity (Wildman–Crippen MR) is 95.7 cm³/mol. The highest BCUT2D eigenvalue weighted by Crippen LogP contribution is 2.21. The second kappa shape index (κ2) is 7.64. The maximum Gasteiger partial charge on any atom is 0.124 e. The molecule has 2 nitrogen and oxygen atoms in total. The summed E-state index contributed by atoms with van der Waals surface area (Å²) < 4.78 is 19.0. The van der Waals surface area contributed by atoms with Crippen molar-refractivity contribution in [2.45, 2.75) is 20.1 Å². The largest absolute Gasteiger partial charge is 0.489 e. The van der Waals surface area contributed by atoms with Crippen LogP contribution in [-0.2, 0) is 13.2 Å². The molecule has 0 bridgehead atoms. The van der Waals surface area contributed by atoms with E-state index in [0.717, 1.165) is 17.0 Å². The summed E-state index contributed by atoms with van der Waals surface area (Å²) in [7, 11) is 0. The molecule has 0 aromatic heterocycles. The SMILES string of the molecule is Cc1ccccc1COc1ccccc1CNc1ccc(F)cc1. The summed E-state index contributed by atoms with van der Waals surface area (Å²) in [6.45, 7) is 3.25. The topological polar surface area (TPSA) is 21.3 Å². The standard InChI is InChI=1S/C21H20FNO/c1-16-6-2-3-8-18(16)15-24-21-9-5-4-7-17(21)14-23-20-12-10-19(22)11-13-20/h2-13,23H,14-15H2,1H3. The number of hydrogen-bond donors (Lipinski definition) is 1. The van der Waals surface area contributed by atoms with Crippen LogP contribution in [0.5, 0.6) is 5.75 Å². The lowest BCUT2D eigenvalue weighted by atomic mass is 10.1.